The van der Waals surface area contributed by atoms with E-state index in [2.05, 4.69) is 16.0 Å². The molecule has 0 spiro atoms. The Morgan fingerprint density at radius 1 is 0.806 bits per heavy atom. The highest BCUT2D eigenvalue weighted by Crippen LogP contribution is 2.22. The van der Waals surface area contributed by atoms with E-state index in [0.717, 1.165) is 5.75 Å². The Hall–Kier alpha value is -4.57. The molecule has 0 atom stereocenters. The minimum absolute atomic E-state index is 0.0875. The number of nitrogens with one attached hydrogen (secondary N) is 3. The summed E-state index contributed by atoms with van der Waals surface area (Å²) in [4.78, 5) is 23.4. The van der Waals surface area contributed by atoms with E-state index in [1.807, 2.05) is 36.4 Å². The lowest BCUT2D eigenvalue weighted by molar-refractivity contribution is -0.114. The van der Waals surface area contributed by atoms with Crippen LogP contribution in [0.4, 0.5) is 17.1 Å². The molecule has 0 aromatic heterocycles. The molecule has 0 unspecified atom stereocenters. The molecular weight excluding hydrogens is 392 g/mol. The molecule has 0 saturated carbocycles. The maximum Gasteiger partial charge on any atom is 0.267 e. The third kappa shape index (κ3) is 6.48. The highest BCUT2D eigenvalue weighted by atomic mass is 16.5. The van der Waals surface area contributed by atoms with Gasteiger partial charge in [0.1, 0.15) is 23.1 Å². The maximum atomic E-state index is 12.4. The normalized spacial score (nSPS) is 10.5. The van der Waals surface area contributed by atoms with Gasteiger partial charge in [-0.1, -0.05) is 18.2 Å². The van der Waals surface area contributed by atoms with E-state index in [4.69, 9.17) is 4.74 Å². The number of carbonyl (C=O) groups excluding carboxylic acids is 2. The van der Waals surface area contributed by atoms with Crippen LogP contribution in [0.1, 0.15) is 6.92 Å². The van der Waals surface area contributed by atoms with Gasteiger partial charge in [0.15, 0.2) is 0 Å². The van der Waals surface area contributed by atoms with Crippen molar-refractivity contribution in [1.82, 2.24) is 0 Å². The van der Waals surface area contributed by atoms with Crippen molar-refractivity contribution in [2.75, 3.05) is 16.0 Å². The Morgan fingerprint density at radius 3 is 1.94 bits per heavy atom. The summed E-state index contributed by atoms with van der Waals surface area (Å²) in [6.07, 6.45) is 1.34. The molecule has 0 bridgehead atoms. The predicted molar refractivity (Wildman–Crippen MR) is 120 cm³/mol. The third-order valence-electron chi connectivity index (χ3n) is 4.04. The first-order valence-electron chi connectivity index (χ1n) is 9.42. The smallest absolute Gasteiger partial charge is 0.267 e. The summed E-state index contributed by atoms with van der Waals surface area (Å²) >= 11 is 0. The molecule has 0 radical (unpaired) electrons. The summed E-state index contributed by atoms with van der Waals surface area (Å²) in [6.45, 7) is 1.41. The molecule has 7 nitrogen and oxygen atoms in total. The summed E-state index contributed by atoms with van der Waals surface area (Å²) in [6, 6.07) is 25.0. The molecule has 7 heteroatoms. The van der Waals surface area contributed by atoms with Gasteiger partial charge in [-0.2, -0.15) is 5.26 Å². The van der Waals surface area contributed by atoms with Crippen LogP contribution >= 0.6 is 0 Å². The number of hydrogen-bond acceptors (Lipinski definition) is 5. The lowest BCUT2D eigenvalue weighted by Gasteiger charge is -2.08. The molecule has 3 aromatic rings. The van der Waals surface area contributed by atoms with Crippen molar-refractivity contribution in [2.24, 2.45) is 0 Å². The number of para-hydroxylation sites is 1. The largest absolute Gasteiger partial charge is 0.457 e. The summed E-state index contributed by atoms with van der Waals surface area (Å²) in [5.41, 5.74) is 1.72. The SMILES string of the molecule is CC(=O)Nc1ccc(NC(=O)/C(C#N)=C\Nc2ccc(Oc3ccccc3)cc2)cc1. The van der Waals surface area contributed by atoms with Crippen LogP contribution in [-0.4, -0.2) is 11.8 Å². The first-order chi connectivity index (χ1) is 15.0. The number of hydrogen-bond donors (Lipinski definition) is 3. The van der Waals surface area contributed by atoms with E-state index in [9.17, 15) is 14.9 Å². The molecule has 154 valence electrons. The highest BCUT2D eigenvalue weighted by molar-refractivity contribution is 6.06. The van der Waals surface area contributed by atoms with E-state index >= 15 is 0 Å². The van der Waals surface area contributed by atoms with Crippen LogP contribution in [0.15, 0.2) is 90.6 Å². The van der Waals surface area contributed by atoms with Crippen molar-refractivity contribution in [3.8, 4) is 17.6 Å². The number of rotatable bonds is 7. The zero-order valence-corrected chi connectivity index (χ0v) is 16.8. The van der Waals surface area contributed by atoms with Gasteiger partial charge < -0.3 is 20.7 Å². The zero-order chi connectivity index (χ0) is 22.1. The first kappa shape index (κ1) is 21.1. The van der Waals surface area contributed by atoms with Gasteiger partial charge in [0.25, 0.3) is 5.91 Å². The van der Waals surface area contributed by atoms with Crippen molar-refractivity contribution in [1.29, 1.82) is 5.26 Å². The fourth-order valence-corrected chi connectivity index (χ4v) is 2.59. The maximum absolute atomic E-state index is 12.4. The van der Waals surface area contributed by atoms with Gasteiger partial charge >= 0.3 is 0 Å². The highest BCUT2D eigenvalue weighted by Gasteiger charge is 2.09. The second-order valence-corrected chi connectivity index (χ2v) is 6.47. The van der Waals surface area contributed by atoms with Gasteiger partial charge in [-0.15, -0.1) is 0 Å². The Morgan fingerprint density at radius 2 is 1.35 bits per heavy atom. The standard InChI is InChI=1S/C24H20N4O3/c1-17(29)27-20-7-9-21(10-8-20)28-24(30)18(15-25)16-26-19-11-13-23(14-12-19)31-22-5-3-2-4-6-22/h2-14,16,26H,1H3,(H,27,29)(H,28,30)/b18-16-. The fourth-order valence-electron chi connectivity index (χ4n) is 2.59. The quantitative estimate of drug-likeness (QED) is 0.378. The van der Waals surface area contributed by atoms with Gasteiger partial charge in [-0.25, -0.2) is 0 Å². The molecule has 0 aliphatic heterocycles. The number of carbonyl (C=O) groups is 2. The lowest BCUT2D eigenvalue weighted by atomic mass is 10.2. The van der Waals surface area contributed by atoms with Gasteiger partial charge in [0.2, 0.25) is 5.91 Å². The summed E-state index contributed by atoms with van der Waals surface area (Å²) in [5, 5.41) is 17.5. The van der Waals surface area contributed by atoms with Crippen molar-refractivity contribution < 1.29 is 14.3 Å². The number of anilines is 3. The van der Waals surface area contributed by atoms with E-state index in [1.54, 1.807) is 48.5 Å². The van der Waals surface area contributed by atoms with E-state index < -0.39 is 5.91 Å². The van der Waals surface area contributed by atoms with Crippen LogP contribution in [0.3, 0.4) is 0 Å². The summed E-state index contributed by atoms with van der Waals surface area (Å²) in [7, 11) is 0. The van der Waals surface area contributed by atoms with Gasteiger partial charge in [0, 0.05) is 30.2 Å². The van der Waals surface area contributed by atoms with Crippen LogP contribution in [-0.2, 0) is 9.59 Å². The average Bonchev–Trinajstić information content (AvgIpc) is 2.77. The first-order valence-corrected chi connectivity index (χ1v) is 9.42. The number of amides is 2. The van der Waals surface area contributed by atoms with Crippen molar-refractivity contribution in [3.05, 3.63) is 90.6 Å². The van der Waals surface area contributed by atoms with Gasteiger partial charge in [-0.05, 0) is 60.7 Å². The van der Waals surface area contributed by atoms with Crippen molar-refractivity contribution in [2.45, 2.75) is 6.92 Å². The minimum Gasteiger partial charge on any atom is -0.457 e. The van der Waals surface area contributed by atoms with Crippen LogP contribution < -0.4 is 20.7 Å². The molecule has 0 saturated heterocycles. The molecule has 0 heterocycles. The second kappa shape index (κ2) is 10.3. The molecule has 0 aliphatic rings. The Labute approximate surface area is 180 Å². The molecule has 3 rings (SSSR count). The number of ether oxygens (including phenoxy) is 1. The number of benzene rings is 3. The minimum atomic E-state index is -0.550. The van der Waals surface area contributed by atoms with Crippen LogP contribution in [0.2, 0.25) is 0 Å². The topological polar surface area (TPSA) is 103 Å². The van der Waals surface area contributed by atoms with E-state index in [0.29, 0.717) is 22.8 Å². The predicted octanol–water partition coefficient (Wildman–Crippen LogP) is 4.90. The monoisotopic (exact) mass is 412 g/mol. The lowest BCUT2D eigenvalue weighted by Crippen LogP contribution is -2.14. The van der Waals surface area contributed by atoms with Crippen molar-refractivity contribution in [3.63, 3.8) is 0 Å². The third-order valence-corrected chi connectivity index (χ3v) is 4.04. The van der Waals surface area contributed by atoms with E-state index in [1.165, 1.54) is 13.1 Å². The Balaban J connectivity index is 1.59. The average molecular weight is 412 g/mol. The van der Waals surface area contributed by atoms with Crippen LogP contribution in [0.25, 0.3) is 0 Å². The summed E-state index contributed by atoms with van der Waals surface area (Å²) in [5.74, 6) is 0.668. The second-order valence-electron chi connectivity index (χ2n) is 6.47. The molecular formula is C24H20N4O3. The zero-order valence-electron chi connectivity index (χ0n) is 16.8. The number of nitrogens with zero attached hydrogens (tertiary/aromatic N) is 1. The van der Waals surface area contributed by atoms with E-state index in [-0.39, 0.29) is 11.5 Å². The van der Waals surface area contributed by atoms with Crippen molar-refractivity contribution >= 4 is 28.9 Å². The molecule has 0 fully saturated rings. The Kier molecular flexibility index (Phi) is 7.01. The van der Waals surface area contributed by atoms with Gasteiger partial charge in [0.05, 0.1) is 0 Å². The Bertz CT molecular complexity index is 1120. The molecule has 3 N–H and O–H groups in total. The molecule has 31 heavy (non-hydrogen) atoms. The number of nitriles is 1. The summed E-state index contributed by atoms with van der Waals surface area (Å²) < 4.78 is 5.73. The fraction of sp³-hybridized carbons (Fsp3) is 0.0417. The molecule has 2 amide bonds. The van der Waals surface area contributed by atoms with Crippen LogP contribution in [0, 0.1) is 11.3 Å². The van der Waals surface area contributed by atoms with Crippen LogP contribution in [0.5, 0.6) is 11.5 Å². The molecule has 0 aliphatic carbocycles. The van der Waals surface area contributed by atoms with Gasteiger partial charge in [-0.3, -0.25) is 9.59 Å². The molecule has 3 aromatic carbocycles.